The van der Waals surface area contributed by atoms with Gasteiger partial charge in [-0.15, -0.1) is 0 Å². The molecule has 0 bridgehead atoms. The number of fused-ring (bicyclic) bond motifs is 1. The Morgan fingerprint density at radius 2 is 1.59 bits per heavy atom. The monoisotopic (exact) mass is 247 g/mol. The van der Waals surface area contributed by atoms with Crippen molar-refractivity contribution in [2.24, 2.45) is 0 Å². The largest absolute Gasteiger partial charge is 0.458 e. The van der Waals surface area contributed by atoms with Gasteiger partial charge < -0.3 is 0 Å². The van der Waals surface area contributed by atoms with E-state index in [1.165, 1.54) is 24.5 Å². The molecule has 0 aliphatic heterocycles. The van der Waals surface area contributed by atoms with E-state index in [4.69, 9.17) is 0 Å². The molecular weight excluding hydrogens is 241 g/mol. The molecule has 0 aliphatic carbocycles. The fourth-order valence-electron chi connectivity index (χ4n) is 1.44. The molecule has 0 N–H and O–H groups in total. The van der Waals surface area contributed by atoms with Crippen LogP contribution in [0.3, 0.4) is 0 Å². The Kier molecular flexibility index (Phi) is 2.52. The van der Waals surface area contributed by atoms with Crippen LogP contribution in [0.4, 0.5) is 22.0 Å². The standard InChI is InChI=1S/C11H6F5N/c12-10(13,11(14,15)16)9-2-1-7-3-4-17-6-8(7)5-9/h1-6H. The summed E-state index contributed by atoms with van der Waals surface area (Å²) in [6, 6.07) is 4.32. The van der Waals surface area contributed by atoms with Crippen LogP contribution in [-0.2, 0) is 5.92 Å². The van der Waals surface area contributed by atoms with E-state index in [-0.39, 0.29) is 5.39 Å². The van der Waals surface area contributed by atoms with Gasteiger partial charge in [0.05, 0.1) is 0 Å². The molecule has 2 aromatic rings. The zero-order valence-corrected chi connectivity index (χ0v) is 8.30. The second-order valence-corrected chi connectivity index (χ2v) is 3.51. The molecule has 17 heavy (non-hydrogen) atoms. The SMILES string of the molecule is FC(F)(F)C(F)(F)c1ccc2ccncc2c1. The maximum atomic E-state index is 13.0. The van der Waals surface area contributed by atoms with Crippen LogP contribution in [0.2, 0.25) is 0 Å². The summed E-state index contributed by atoms with van der Waals surface area (Å²) in [5.74, 6) is -4.85. The van der Waals surface area contributed by atoms with Gasteiger partial charge >= 0.3 is 12.1 Å². The molecular formula is C11H6F5N. The van der Waals surface area contributed by atoms with Crippen LogP contribution in [0.25, 0.3) is 10.8 Å². The molecule has 6 heteroatoms. The number of nitrogens with zero attached hydrogens (tertiary/aromatic N) is 1. The zero-order chi connectivity index (χ0) is 12.7. The van der Waals surface area contributed by atoms with Gasteiger partial charge in [0.1, 0.15) is 0 Å². The molecule has 90 valence electrons. The average molecular weight is 247 g/mol. The number of alkyl halides is 5. The molecule has 1 aromatic heterocycles. The molecule has 1 nitrogen and oxygen atoms in total. The van der Waals surface area contributed by atoms with Gasteiger partial charge in [0.25, 0.3) is 0 Å². The first-order valence-electron chi connectivity index (χ1n) is 4.61. The molecule has 0 spiro atoms. The van der Waals surface area contributed by atoms with Crippen LogP contribution in [0, 0.1) is 0 Å². The Labute approximate surface area is 92.9 Å². The number of pyridine rings is 1. The number of hydrogen-bond donors (Lipinski definition) is 0. The number of aromatic nitrogens is 1. The van der Waals surface area contributed by atoms with Gasteiger partial charge in [-0.3, -0.25) is 4.98 Å². The number of hydrogen-bond acceptors (Lipinski definition) is 1. The van der Waals surface area contributed by atoms with Gasteiger partial charge in [0, 0.05) is 23.3 Å². The molecule has 0 saturated carbocycles. The lowest BCUT2D eigenvalue weighted by molar-refractivity contribution is -0.289. The van der Waals surface area contributed by atoms with Crippen molar-refractivity contribution in [2.75, 3.05) is 0 Å². The second-order valence-electron chi connectivity index (χ2n) is 3.51. The number of halogens is 5. The summed E-state index contributed by atoms with van der Waals surface area (Å²) in [6.07, 6.45) is -2.92. The minimum absolute atomic E-state index is 0.244. The van der Waals surface area contributed by atoms with E-state index in [0.29, 0.717) is 5.39 Å². The molecule has 0 atom stereocenters. The highest BCUT2D eigenvalue weighted by Gasteiger charge is 2.58. The quantitative estimate of drug-likeness (QED) is 0.696. The highest BCUT2D eigenvalue weighted by molar-refractivity contribution is 5.82. The molecule has 0 unspecified atom stereocenters. The van der Waals surface area contributed by atoms with E-state index >= 15 is 0 Å². The topological polar surface area (TPSA) is 12.9 Å². The fraction of sp³-hybridized carbons (Fsp3) is 0.182. The smallest absolute Gasteiger partial charge is 0.264 e. The maximum Gasteiger partial charge on any atom is 0.458 e. The predicted molar refractivity (Wildman–Crippen MR) is 51.7 cm³/mol. The lowest BCUT2D eigenvalue weighted by Crippen LogP contribution is -2.33. The Bertz CT molecular complexity index is 547. The third-order valence-electron chi connectivity index (χ3n) is 2.36. The Hall–Kier alpha value is -1.72. The van der Waals surface area contributed by atoms with Crippen LogP contribution in [0.15, 0.2) is 36.7 Å². The summed E-state index contributed by atoms with van der Waals surface area (Å²) in [5.41, 5.74) is -1.08. The van der Waals surface area contributed by atoms with Crippen LogP contribution in [0.5, 0.6) is 0 Å². The normalized spacial score (nSPS) is 13.0. The number of benzene rings is 1. The minimum atomic E-state index is -5.59. The Balaban J connectivity index is 2.57. The summed E-state index contributed by atoms with van der Waals surface area (Å²) >= 11 is 0. The molecule has 2 rings (SSSR count). The van der Waals surface area contributed by atoms with E-state index in [0.717, 1.165) is 12.1 Å². The van der Waals surface area contributed by atoms with Crippen molar-refractivity contribution in [1.29, 1.82) is 0 Å². The summed E-state index contributed by atoms with van der Waals surface area (Å²) in [4.78, 5) is 3.67. The van der Waals surface area contributed by atoms with Crippen molar-refractivity contribution in [1.82, 2.24) is 4.98 Å². The average Bonchev–Trinajstić information content (AvgIpc) is 2.27. The van der Waals surface area contributed by atoms with E-state index in [9.17, 15) is 22.0 Å². The summed E-state index contributed by atoms with van der Waals surface area (Å²) in [6.45, 7) is 0. The van der Waals surface area contributed by atoms with E-state index in [1.54, 1.807) is 0 Å². The summed E-state index contributed by atoms with van der Waals surface area (Å²) in [7, 11) is 0. The van der Waals surface area contributed by atoms with E-state index in [2.05, 4.69) is 4.98 Å². The van der Waals surface area contributed by atoms with Crippen molar-refractivity contribution in [3.05, 3.63) is 42.2 Å². The van der Waals surface area contributed by atoms with Crippen LogP contribution < -0.4 is 0 Å². The summed E-state index contributed by atoms with van der Waals surface area (Å²) < 4.78 is 62.6. The highest BCUT2D eigenvalue weighted by Crippen LogP contribution is 2.44. The molecule has 0 amide bonds. The molecule has 0 saturated heterocycles. The zero-order valence-electron chi connectivity index (χ0n) is 8.30. The molecule has 1 heterocycles. The van der Waals surface area contributed by atoms with Gasteiger partial charge in [-0.1, -0.05) is 12.1 Å². The third kappa shape index (κ3) is 1.94. The Morgan fingerprint density at radius 1 is 0.882 bits per heavy atom. The van der Waals surface area contributed by atoms with Crippen molar-refractivity contribution in [3.63, 3.8) is 0 Å². The van der Waals surface area contributed by atoms with Crippen LogP contribution in [-0.4, -0.2) is 11.2 Å². The van der Waals surface area contributed by atoms with Gasteiger partial charge in [-0.05, 0) is 17.5 Å². The van der Waals surface area contributed by atoms with Crippen molar-refractivity contribution >= 4 is 10.8 Å². The molecule has 1 aromatic carbocycles. The lowest BCUT2D eigenvalue weighted by Gasteiger charge is -2.20. The fourth-order valence-corrected chi connectivity index (χ4v) is 1.44. The van der Waals surface area contributed by atoms with Crippen LogP contribution >= 0.6 is 0 Å². The van der Waals surface area contributed by atoms with Gasteiger partial charge in [0.15, 0.2) is 0 Å². The van der Waals surface area contributed by atoms with Crippen molar-refractivity contribution < 1.29 is 22.0 Å². The first-order chi connectivity index (χ1) is 7.82. The number of rotatable bonds is 1. The van der Waals surface area contributed by atoms with E-state index in [1.807, 2.05) is 0 Å². The first-order valence-corrected chi connectivity index (χ1v) is 4.61. The van der Waals surface area contributed by atoms with Crippen molar-refractivity contribution in [3.8, 4) is 0 Å². The van der Waals surface area contributed by atoms with Gasteiger partial charge in [-0.25, -0.2) is 0 Å². The maximum absolute atomic E-state index is 13.0. The first kappa shape index (κ1) is 11.8. The third-order valence-corrected chi connectivity index (χ3v) is 2.36. The Morgan fingerprint density at radius 3 is 2.24 bits per heavy atom. The molecule has 0 radical (unpaired) electrons. The highest BCUT2D eigenvalue weighted by atomic mass is 19.4. The van der Waals surface area contributed by atoms with Crippen molar-refractivity contribution in [2.45, 2.75) is 12.1 Å². The van der Waals surface area contributed by atoms with Gasteiger partial charge in [0.2, 0.25) is 0 Å². The van der Waals surface area contributed by atoms with Gasteiger partial charge in [-0.2, -0.15) is 22.0 Å². The van der Waals surface area contributed by atoms with Crippen LogP contribution in [0.1, 0.15) is 5.56 Å². The molecule has 0 fully saturated rings. The lowest BCUT2D eigenvalue weighted by atomic mass is 10.0. The predicted octanol–water partition coefficient (Wildman–Crippen LogP) is 3.89. The second kappa shape index (κ2) is 3.65. The molecule has 0 aliphatic rings. The van der Waals surface area contributed by atoms with E-state index < -0.39 is 17.7 Å². The minimum Gasteiger partial charge on any atom is -0.264 e. The summed E-state index contributed by atoms with van der Waals surface area (Å²) in [5, 5.41) is 0.802.